The summed E-state index contributed by atoms with van der Waals surface area (Å²) in [6.07, 6.45) is 4.11. The summed E-state index contributed by atoms with van der Waals surface area (Å²) in [4.78, 5) is 13.6. The lowest BCUT2D eigenvalue weighted by Gasteiger charge is -2.08. The Balaban J connectivity index is 1.36. The van der Waals surface area contributed by atoms with E-state index in [0.29, 0.717) is 10.9 Å². The molecule has 8 heteroatoms. The number of nitrogens with zero attached hydrogens (tertiary/aromatic N) is 3. The van der Waals surface area contributed by atoms with Crippen molar-refractivity contribution in [3.8, 4) is 11.6 Å². The maximum atomic E-state index is 6.24. The molecule has 0 amide bonds. The molecule has 0 spiro atoms. The van der Waals surface area contributed by atoms with Gasteiger partial charge in [-0.15, -0.1) is 11.3 Å². The first-order chi connectivity index (χ1) is 13.2. The molecule has 0 fully saturated rings. The van der Waals surface area contributed by atoms with Crippen LogP contribution in [-0.2, 0) is 6.42 Å². The van der Waals surface area contributed by atoms with Crippen molar-refractivity contribution in [3.05, 3.63) is 69.4 Å². The standard InChI is InChI=1S/C19H14BrClN4OS/c20-13-3-6-16(23-9-13)26-14-4-1-12(2-5-14)7-8-22-18-17-15(21)10-27-19(17)25-11-24-18/h1-6,9-11H,7-8H2,(H,22,24,25). The molecule has 1 N–H and O–H groups in total. The fourth-order valence-corrected chi connectivity index (χ4v) is 3.94. The second-order valence-corrected chi connectivity index (χ2v) is 7.90. The molecule has 0 atom stereocenters. The van der Waals surface area contributed by atoms with Gasteiger partial charge < -0.3 is 10.1 Å². The minimum atomic E-state index is 0.563. The summed E-state index contributed by atoms with van der Waals surface area (Å²) in [5.74, 6) is 2.09. The molecular weight excluding hydrogens is 448 g/mol. The van der Waals surface area contributed by atoms with E-state index in [9.17, 15) is 0 Å². The molecular formula is C19H14BrClN4OS. The quantitative estimate of drug-likeness (QED) is 0.384. The topological polar surface area (TPSA) is 59.9 Å². The summed E-state index contributed by atoms with van der Waals surface area (Å²) < 4.78 is 6.66. The fourth-order valence-electron chi connectivity index (χ4n) is 2.57. The molecule has 4 rings (SSSR count). The van der Waals surface area contributed by atoms with Gasteiger partial charge in [-0.05, 0) is 46.1 Å². The van der Waals surface area contributed by atoms with Crippen molar-refractivity contribution in [1.82, 2.24) is 15.0 Å². The fraction of sp³-hybridized carbons (Fsp3) is 0.105. The third-order valence-corrected chi connectivity index (χ3v) is 5.66. The average molecular weight is 462 g/mol. The highest BCUT2D eigenvalue weighted by molar-refractivity contribution is 9.10. The predicted octanol–water partition coefficient (Wildman–Crippen LogP) is 5.95. The van der Waals surface area contributed by atoms with Crippen LogP contribution in [0.4, 0.5) is 5.82 Å². The van der Waals surface area contributed by atoms with Crippen LogP contribution in [0.5, 0.6) is 11.6 Å². The Hall–Kier alpha value is -2.22. The van der Waals surface area contributed by atoms with Crippen molar-refractivity contribution in [3.63, 3.8) is 0 Å². The largest absolute Gasteiger partial charge is 0.439 e. The van der Waals surface area contributed by atoms with Gasteiger partial charge in [-0.25, -0.2) is 15.0 Å². The molecule has 0 saturated carbocycles. The van der Waals surface area contributed by atoms with Crippen LogP contribution in [0.1, 0.15) is 5.56 Å². The molecule has 27 heavy (non-hydrogen) atoms. The molecule has 0 radical (unpaired) electrons. The second kappa shape index (κ2) is 8.21. The van der Waals surface area contributed by atoms with Gasteiger partial charge in [-0.1, -0.05) is 23.7 Å². The minimum Gasteiger partial charge on any atom is -0.439 e. The zero-order chi connectivity index (χ0) is 18.6. The van der Waals surface area contributed by atoms with Crippen LogP contribution in [0.3, 0.4) is 0 Å². The van der Waals surface area contributed by atoms with E-state index in [0.717, 1.165) is 39.2 Å². The number of nitrogens with one attached hydrogen (secondary N) is 1. The third-order valence-electron chi connectivity index (χ3n) is 3.88. The van der Waals surface area contributed by atoms with E-state index < -0.39 is 0 Å². The van der Waals surface area contributed by atoms with Gasteiger partial charge in [0.25, 0.3) is 0 Å². The van der Waals surface area contributed by atoms with Gasteiger partial charge in [0.15, 0.2) is 0 Å². The summed E-state index contributed by atoms with van der Waals surface area (Å²) in [5.41, 5.74) is 1.19. The first-order valence-corrected chi connectivity index (χ1v) is 10.2. The van der Waals surface area contributed by atoms with Crippen molar-refractivity contribution in [2.75, 3.05) is 11.9 Å². The number of anilines is 1. The maximum Gasteiger partial charge on any atom is 0.219 e. The Bertz CT molecular complexity index is 1050. The first kappa shape index (κ1) is 18.2. The molecule has 1 aromatic carbocycles. The highest BCUT2D eigenvalue weighted by Gasteiger charge is 2.09. The van der Waals surface area contributed by atoms with E-state index in [1.54, 1.807) is 12.5 Å². The smallest absolute Gasteiger partial charge is 0.219 e. The average Bonchev–Trinajstić information content (AvgIpc) is 3.07. The zero-order valence-corrected chi connectivity index (χ0v) is 17.2. The second-order valence-electron chi connectivity index (χ2n) is 5.72. The van der Waals surface area contributed by atoms with E-state index in [1.165, 1.54) is 16.9 Å². The molecule has 4 aromatic rings. The van der Waals surface area contributed by atoms with Gasteiger partial charge in [-0.3, -0.25) is 0 Å². The van der Waals surface area contributed by atoms with Crippen LogP contribution in [-0.4, -0.2) is 21.5 Å². The zero-order valence-electron chi connectivity index (χ0n) is 14.0. The van der Waals surface area contributed by atoms with Gasteiger partial charge in [0.05, 0.1) is 10.4 Å². The number of benzene rings is 1. The molecule has 0 aliphatic rings. The van der Waals surface area contributed by atoms with Crippen molar-refractivity contribution >= 4 is 54.9 Å². The van der Waals surface area contributed by atoms with Gasteiger partial charge in [-0.2, -0.15) is 0 Å². The Morgan fingerprint density at radius 1 is 1.07 bits per heavy atom. The van der Waals surface area contributed by atoms with E-state index in [2.05, 4.69) is 36.2 Å². The molecule has 5 nitrogen and oxygen atoms in total. The monoisotopic (exact) mass is 460 g/mol. The molecule has 0 saturated heterocycles. The molecule has 3 heterocycles. The van der Waals surface area contributed by atoms with Crippen LogP contribution in [0.25, 0.3) is 10.2 Å². The predicted molar refractivity (Wildman–Crippen MR) is 113 cm³/mol. The van der Waals surface area contributed by atoms with Crippen molar-refractivity contribution in [1.29, 1.82) is 0 Å². The summed E-state index contributed by atoms with van der Waals surface area (Å²) in [7, 11) is 0. The molecule has 0 aliphatic carbocycles. The van der Waals surface area contributed by atoms with Crippen LogP contribution in [0, 0.1) is 0 Å². The van der Waals surface area contributed by atoms with Crippen LogP contribution >= 0.6 is 38.9 Å². The number of fused-ring (bicyclic) bond motifs is 1. The third kappa shape index (κ3) is 4.37. The highest BCUT2D eigenvalue weighted by Crippen LogP contribution is 2.32. The summed E-state index contributed by atoms with van der Waals surface area (Å²) in [6, 6.07) is 11.7. The van der Waals surface area contributed by atoms with E-state index in [1.807, 2.05) is 41.8 Å². The van der Waals surface area contributed by atoms with Crippen molar-refractivity contribution in [2.24, 2.45) is 0 Å². The summed E-state index contributed by atoms with van der Waals surface area (Å²) >= 11 is 11.1. The van der Waals surface area contributed by atoms with Gasteiger partial charge >= 0.3 is 0 Å². The molecule has 3 aromatic heterocycles. The number of rotatable bonds is 6. The molecule has 0 aliphatic heterocycles. The maximum absolute atomic E-state index is 6.24. The van der Waals surface area contributed by atoms with Crippen molar-refractivity contribution in [2.45, 2.75) is 6.42 Å². The van der Waals surface area contributed by atoms with Gasteiger partial charge in [0, 0.05) is 28.7 Å². The lowest BCUT2D eigenvalue weighted by Crippen LogP contribution is -2.06. The lowest BCUT2D eigenvalue weighted by atomic mass is 10.1. The molecule has 136 valence electrons. The van der Waals surface area contributed by atoms with E-state index in [4.69, 9.17) is 16.3 Å². The number of pyridine rings is 1. The number of thiophene rings is 1. The Kier molecular flexibility index (Phi) is 5.52. The van der Waals surface area contributed by atoms with E-state index in [-0.39, 0.29) is 0 Å². The van der Waals surface area contributed by atoms with Crippen LogP contribution in [0.2, 0.25) is 5.02 Å². The Labute approximate surface area is 173 Å². The number of hydrogen-bond acceptors (Lipinski definition) is 6. The van der Waals surface area contributed by atoms with E-state index >= 15 is 0 Å². The highest BCUT2D eigenvalue weighted by atomic mass is 79.9. The normalized spacial score (nSPS) is 10.9. The lowest BCUT2D eigenvalue weighted by molar-refractivity contribution is 0.462. The van der Waals surface area contributed by atoms with Crippen molar-refractivity contribution < 1.29 is 4.74 Å². The van der Waals surface area contributed by atoms with Gasteiger partial charge in [0.1, 0.15) is 22.7 Å². The summed E-state index contributed by atoms with van der Waals surface area (Å²) in [6.45, 7) is 0.743. The Morgan fingerprint density at radius 3 is 2.70 bits per heavy atom. The first-order valence-electron chi connectivity index (χ1n) is 8.19. The van der Waals surface area contributed by atoms with Crippen LogP contribution in [0.15, 0.2) is 58.8 Å². The number of hydrogen-bond donors (Lipinski definition) is 1. The molecule has 0 unspecified atom stereocenters. The van der Waals surface area contributed by atoms with Crippen LogP contribution < -0.4 is 10.1 Å². The summed E-state index contributed by atoms with van der Waals surface area (Å²) in [5, 5.41) is 6.79. The molecule has 0 bridgehead atoms. The van der Waals surface area contributed by atoms with Gasteiger partial charge in [0.2, 0.25) is 5.88 Å². The number of halogens is 2. The number of aromatic nitrogens is 3. The minimum absolute atomic E-state index is 0.563. The number of ether oxygens (including phenoxy) is 1. The Morgan fingerprint density at radius 2 is 1.93 bits per heavy atom. The SMILES string of the molecule is Clc1csc2ncnc(NCCc3ccc(Oc4ccc(Br)cn4)cc3)c12.